The Hall–Kier alpha value is -0.910. The first-order valence-electron chi connectivity index (χ1n) is 7.42. The number of nitrogens with zero attached hydrogens (tertiary/aromatic N) is 1. The van der Waals surface area contributed by atoms with E-state index in [4.69, 9.17) is 0 Å². The SMILES string of the molecule is CCC1CCCCN1CCNS(=O)(=O)c1ccccc1. The minimum Gasteiger partial charge on any atom is -0.299 e. The molecule has 20 heavy (non-hydrogen) atoms. The molecule has 5 heteroatoms. The van der Waals surface area contributed by atoms with E-state index in [-0.39, 0.29) is 0 Å². The second-order valence-electron chi connectivity index (χ2n) is 5.30. The molecule has 1 aliphatic rings. The van der Waals surface area contributed by atoms with Gasteiger partial charge in [0.05, 0.1) is 4.90 Å². The number of piperidine rings is 1. The normalized spacial score (nSPS) is 20.9. The summed E-state index contributed by atoms with van der Waals surface area (Å²) in [6.07, 6.45) is 4.90. The largest absolute Gasteiger partial charge is 0.299 e. The molecular weight excluding hydrogens is 272 g/mol. The highest BCUT2D eigenvalue weighted by molar-refractivity contribution is 7.89. The van der Waals surface area contributed by atoms with Crippen molar-refractivity contribution in [3.8, 4) is 0 Å². The number of hydrogen-bond donors (Lipinski definition) is 1. The molecule has 1 aliphatic heterocycles. The molecule has 0 amide bonds. The first kappa shape index (κ1) is 15.5. The van der Waals surface area contributed by atoms with Crippen molar-refractivity contribution in [3.63, 3.8) is 0 Å². The van der Waals surface area contributed by atoms with Crippen LogP contribution in [0.15, 0.2) is 35.2 Å². The molecule has 1 fully saturated rings. The molecule has 0 spiro atoms. The van der Waals surface area contributed by atoms with Crippen molar-refractivity contribution in [2.45, 2.75) is 43.5 Å². The standard InChI is InChI=1S/C15H24N2O2S/c1-2-14-8-6-7-12-17(14)13-11-16-20(18,19)15-9-4-3-5-10-15/h3-5,9-10,14,16H,2,6-8,11-13H2,1H3. The minimum absolute atomic E-state index is 0.339. The van der Waals surface area contributed by atoms with Crippen LogP contribution in [0.3, 0.4) is 0 Å². The van der Waals surface area contributed by atoms with E-state index in [1.54, 1.807) is 24.3 Å². The van der Waals surface area contributed by atoms with Crippen LogP contribution in [0.2, 0.25) is 0 Å². The molecule has 0 aromatic heterocycles. The zero-order valence-corrected chi connectivity index (χ0v) is 12.9. The average Bonchev–Trinajstić information content (AvgIpc) is 2.48. The highest BCUT2D eigenvalue weighted by Crippen LogP contribution is 2.18. The summed E-state index contributed by atoms with van der Waals surface area (Å²) in [6.45, 7) is 4.57. The fourth-order valence-electron chi connectivity index (χ4n) is 2.82. The lowest BCUT2D eigenvalue weighted by atomic mass is 10.0. The van der Waals surface area contributed by atoms with Crippen molar-refractivity contribution in [3.05, 3.63) is 30.3 Å². The van der Waals surface area contributed by atoms with Gasteiger partial charge in [0, 0.05) is 19.1 Å². The Bertz CT molecular complexity index is 502. The molecule has 1 aromatic carbocycles. The number of likely N-dealkylation sites (tertiary alicyclic amines) is 1. The third-order valence-corrected chi connectivity index (χ3v) is 5.44. The van der Waals surface area contributed by atoms with Gasteiger partial charge in [0.2, 0.25) is 10.0 Å². The summed E-state index contributed by atoms with van der Waals surface area (Å²) < 4.78 is 26.9. The summed E-state index contributed by atoms with van der Waals surface area (Å²) in [6, 6.07) is 9.16. The summed E-state index contributed by atoms with van der Waals surface area (Å²) in [4.78, 5) is 2.75. The smallest absolute Gasteiger partial charge is 0.240 e. The summed E-state index contributed by atoms with van der Waals surface area (Å²) in [5.74, 6) is 0. The van der Waals surface area contributed by atoms with Crippen LogP contribution in [0.1, 0.15) is 32.6 Å². The Morgan fingerprint density at radius 3 is 2.70 bits per heavy atom. The van der Waals surface area contributed by atoms with Gasteiger partial charge < -0.3 is 0 Å². The average molecular weight is 296 g/mol. The van der Waals surface area contributed by atoms with E-state index in [1.807, 2.05) is 6.07 Å². The monoisotopic (exact) mass is 296 g/mol. The maximum atomic E-state index is 12.1. The van der Waals surface area contributed by atoms with Crippen LogP contribution in [0.5, 0.6) is 0 Å². The minimum atomic E-state index is -3.36. The van der Waals surface area contributed by atoms with E-state index < -0.39 is 10.0 Å². The zero-order chi connectivity index (χ0) is 14.4. The van der Waals surface area contributed by atoms with Gasteiger partial charge in [-0.15, -0.1) is 0 Å². The molecule has 0 saturated carbocycles. The van der Waals surface area contributed by atoms with Gasteiger partial charge in [0.1, 0.15) is 0 Å². The van der Waals surface area contributed by atoms with E-state index in [0.717, 1.165) is 19.5 Å². The third-order valence-electron chi connectivity index (χ3n) is 3.96. The molecule has 1 aromatic rings. The summed E-state index contributed by atoms with van der Waals surface area (Å²) in [7, 11) is -3.36. The van der Waals surface area contributed by atoms with Gasteiger partial charge >= 0.3 is 0 Å². The lowest BCUT2D eigenvalue weighted by molar-refractivity contribution is 0.147. The second-order valence-corrected chi connectivity index (χ2v) is 7.07. The van der Waals surface area contributed by atoms with Gasteiger partial charge in [-0.05, 0) is 37.9 Å². The molecule has 4 nitrogen and oxygen atoms in total. The van der Waals surface area contributed by atoms with Crippen LogP contribution in [0.4, 0.5) is 0 Å². The van der Waals surface area contributed by atoms with Crippen LogP contribution in [0, 0.1) is 0 Å². The maximum Gasteiger partial charge on any atom is 0.240 e. The Kier molecular flexibility index (Phi) is 5.57. The van der Waals surface area contributed by atoms with Crippen LogP contribution >= 0.6 is 0 Å². The van der Waals surface area contributed by atoms with E-state index in [1.165, 1.54) is 19.3 Å². The topological polar surface area (TPSA) is 49.4 Å². The molecule has 2 rings (SSSR count). The van der Waals surface area contributed by atoms with Crippen molar-refractivity contribution in [2.24, 2.45) is 0 Å². The van der Waals surface area contributed by atoms with Gasteiger partial charge in [0.25, 0.3) is 0 Å². The van der Waals surface area contributed by atoms with Gasteiger partial charge in [-0.25, -0.2) is 13.1 Å². The molecule has 1 heterocycles. The Morgan fingerprint density at radius 2 is 2.00 bits per heavy atom. The summed E-state index contributed by atoms with van der Waals surface area (Å²) >= 11 is 0. The van der Waals surface area contributed by atoms with Crippen LogP contribution in [-0.4, -0.2) is 39.0 Å². The maximum absolute atomic E-state index is 12.1. The highest BCUT2D eigenvalue weighted by atomic mass is 32.2. The number of sulfonamides is 1. The molecule has 1 N–H and O–H groups in total. The van der Waals surface area contributed by atoms with Crippen LogP contribution < -0.4 is 4.72 Å². The first-order valence-corrected chi connectivity index (χ1v) is 8.90. The van der Waals surface area contributed by atoms with E-state index in [9.17, 15) is 8.42 Å². The summed E-state index contributed by atoms with van der Waals surface area (Å²) in [5, 5.41) is 0. The van der Waals surface area contributed by atoms with Crippen molar-refractivity contribution in [1.29, 1.82) is 0 Å². The quantitative estimate of drug-likeness (QED) is 0.876. The molecular formula is C15H24N2O2S. The number of rotatable bonds is 6. The molecule has 0 bridgehead atoms. The van der Waals surface area contributed by atoms with Crippen molar-refractivity contribution < 1.29 is 8.42 Å². The van der Waals surface area contributed by atoms with Crippen LogP contribution in [0.25, 0.3) is 0 Å². The van der Waals surface area contributed by atoms with Crippen molar-refractivity contribution in [2.75, 3.05) is 19.6 Å². The molecule has 1 atom stereocenters. The Balaban J connectivity index is 1.86. The van der Waals surface area contributed by atoms with Crippen molar-refractivity contribution in [1.82, 2.24) is 9.62 Å². The molecule has 0 radical (unpaired) electrons. The lowest BCUT2D eigenvalue weighted by Gasteiger charge is -2.35. The fourth-order valence-corrected chi connectivity index (χ4v) is 3.87. The second kappa shape index (κ2) is 7.20. The number of benzene rings is 1. The van der Waals surface area contributed by atoms with E-state index in [2.05, 4.69) is 16.5 Å². The van der Waals surface area contributed by atoms with E-state index in [0.29, 0.717) is 17.5 Å². The zero-order valence-electron chi connectivity index (χ0n) is 12.1. The fraction of sp³-hybridized carbons (Fsp3) is 0.600. The summed E-state index contributed by atoms with van der Waals surface area (Å²) in [5.41, 5.74) is 0. The molecule has 112 valence electrons. The van der Waals surface area contributed by atoms with E-state index >= 15 is 0 Å². The Labute approximate surface area is 122 Å². The number of hydrogen-bond acceptors (Lipinski definition) is 3. The predicted octanol–water partition coefficient (Wildman–Crippen LogP) is 2.23. The predicted molar refractivity (Wildman–Crippen MR) is 81.1 cm³/mol. The number of nitrogens with one attached hydrogen (secondary N) is 1. The third kappa shape index (κ3) is 4.04. The van der Waals surface area contributed by atoms with Crippen molar-refractivity contribution >= 4 is 10.0 Å². The van der Waals surface area contributed by atoms with Gasteiger partial charge in [0.15, 0.2) is 0 Å². The van der Waals surface area contributed by atoms with Gasteiger partial charge in [-0.1, -0.05) is 31.5 Å². The molecule has 1 unspecified atom stereocenters. The highest BCUT2D eigenvalue weighted by Gasteiger charge is 2.21. The van der Waals surface area contributed by atoms with Gasteiger partial charge in [-0.3, -0.25) is 4.90 Å². The molecule has 1 saturated heterocycles. The van der Waals surface area contributed by atoms with Gasteiger partial charge in [-0.2, -0.15) is 0 Å². The van der Waals surface area contributed by atoms with Crippen LogP contribution in [-0.2, 0) is 10.0 Å². The Morgan fingerprint density at radius 1 is 1.25 bits per heavy atom. The first-order chi connectivity index (χ1) is 9.63. The molecule has 0 aliphatic carbocycles. The lowest BCUT2D eigenvalue weighted by Crippen LogP contribution is -2.43.